The maximum Gasteiger partial charge on any atom is 0.229 e. The van der Waals surface area contributed by atoms with Crippen LogP contribution in [-0.4, -0.2) is 27.0 Å². The monoisotopic (exact) mass is 253 g/mol. The summed E-state index contributed by atoms with van der Waals surface area (Å²) < 4.78 is 0. The molecule has 1 aromatic rings. The molecule has 0 saturated heterocycles. The van der Waals surface area contributed by atoms with Crippen LogP contribution in [0.3, 0.4) is 0 Å². The SMILES string of the molecule is CC#CC(C)(C)Nc1nc(Cl)nc(NCC)n1. The number of anilines is 2. The molecule has 17 heavy (non-hydrogen) atoms. The van der Waals surface area contributed by atoms with E-state index in [1.54, 1.807) is 6.92 Å². The van der Waals surface area contributed by atoms with Crippen molar-refractivity contribution in [3.8, 4) is 11.8 Å². The maximum atomic E-state index is 5.81. The molecule has 0 saturated carbocycles. The molecule has 1 heterocycles. The van der Waals surface area contributed by atoms with Crippen LogP contribution in [0.25, 0.3) is 0 Å². The summed E-state index contributed by atoms with van der Waals surface area (Å²) in [6, 6.07) is 0. The molecule has 0 aromatic carbocycles. The largest absolute Gasteiger partial charge is 0.354 e. The summed E-state index contributed by atoms with van der Waals surface area (Å²) in [6.07, 6.45) is 0. The Morgan fingerprint density at radius 1 is 1.24 bits per heavy atom. The highest BCUT2D eigenvalue weighted by Crippen LogP contribution is 2.14. The van der Waals surface area contributed by atoms with E-state index in [9.17, 15) is 0 Å². The minimum atomic E-state index is -0.414. The van der Waals surface area contributed by atoms with Crippen LogP contribution in [0.2, 0.25) is 5.28 Å². The highest BCUT2D eigenvalue weighted by atomic mass is 35.5. The van der Waals surface area contributed by atoms with Gasteiger partial charge in [-0.25, -0.2) is 0 Å². The molecule has 1 aromatic heterocycles. The Bertz CT molecular complexity index is 447. The zero-order valence-corrected chi connectivity index (χ0v) is 11.2. The van der Waals surface area contributed by atoms with Gasteiger partial charge in [0.25, 0.3) is 0 Å². The number of aromatic nitrogens is 3. The van der Waals surface area contributed by atoms with Crippen molar-refractivity contribution in [2.45, 2.75) is 33.2 Å². The average molecular weight is 254 g/mol. The third-order valence-electron chi connectivity index (χ3n) is 1.80. The van der Waals surface area contributed by atoms with Crippen LogP contribution in [0.1, 0.15) is 27.7 Å². The zero-order chi connectivity index (χ0) is 12.9. The Kier molecular flexibility index (Phi) is 4.53. The van der Waals surface area contributed by atoms with Crippen molar-refractivity contribution in [1.29, 1.82) is 0 Å². The number of hydrogen-bond acceptors (Lipinski definition) is 5. The van der Waals surface area contributed by atoms with E-state index in [0.717, 1.165) is 6.54 Å². The van der Waals surface area contributed by atoms with Gasteiger partial charge in [-0.15, -0.1) is 5.92 Å². The van der Waals surface area contributed by atoms with Gasteiger partial charge in [-0.1, -0.05) is 5.92 Å². The third-order valence-corrected chi connectivity index (χ3v) is 1.97. The van der Waals surface area contributed by atoms with E-state index in [0.29, 0.717) is 11.9 Å². The second kappa shape index (κ2) is 5.69. The first kappa shape index (κ1) is 13.5. The fraction of sp³-hybridized carbons (Fsp3) is 0.545. The minimum absolute atomic E-state index is 0.152. The van der Waals surface area contributed by atoms with E-state index in [-0.39, 0.29) is 5.28 Å². The van der Waals surface area contributed by atoms with Crippen LogP contribution in [0.4, 0.5) is 11.9 Å². The van der Waals surface area contributed by atoms with E-state index in [1.165, 1.54) is 0 Å². The molecule has 0 aliphatic rings. The molecule has 2 N–H and O–H groups in total. The van der Waals surface area contributed by atoms with Gasteiger partial charge in [-0.05, 0) is 39.3 Å². The van der Waals surface area contributed by atoms with Gasteiger partial charge in [-0.2, -0.15) is 15.0 Å². The van der Waals surface area contributed by atoms with Crippen molar-refractivity contribution in [3.05, 3.63) is 5.28 Å². The summed E-state index contributed by atoms with van der Waals surface area (Å²) in [5, 5.41) is 6.23. The Hall–Kier alpha value is -1.54. The van der Waals surface area contributed by atoms with Crippen LogP contribution >= 0.6 is 11.6 Å². The Balaban J connectivity index is 2.93. The van der Waals surface area contributed by atoms with E-state index in [2.05, 4.69) is 37.4 Å². The normalized spacial score (nSPS) is 10.4. The number of nitrogens with one attached hydrogen (secondary N) is 2. The quantitative estimate of drug-likeness (QED) is 0.806. The first-order valence-corrected chi connectivity index (χ1v) is 5.72. The number of halogens is 1. The van der Waals surface area contributed by atoms with Crippen molar-refractivity contribution in [2.24, 2.45) is 0 Å². The summed E-state index contributed by atoms with van der Waals surface area (Å²) in [4.78, 5) is 12.2. The molecule has 6 heteroatoms. The zero-order valence-electron chi connectivity index (χ0n) is 10.4. The van der Waals surface area contributed by atoms with E-state index >= 15 is 0 Å². The number of nitrogens with zero attached hydrogens (tertiary/aromatic N) is 3. The van der Waals surface area contributed by atoms with E-state index in [4.69, 9.17) is 11.6 Å². The van der Waals surface area contributed by atoms with Crippen molar-refractivity contribution >= 4 is 23.5 Å². The van der Waals surface area contributed by atoms with Crippen molar-refractivity contribution < 1.29 is 0 Å². The molecule has 0 bridgehead atoms. The molecule has 0 fully saturated rings. The summed E-state index contributed by atoms with van der Waals surface area (Å²) in [5.74, 6) is 6.73. The summed E-state index contributed by atoms with van der Waals surface area (Å²) in [5.41, 5.74) is -0.414. The lowest BCUT2D eigenvalue weighted by Crippen LogP contribution is -2.30. The fourth-order valence-corrected chi connectivity index (χ4v) is 1.43. The molecule has 5 nitrogen and oxygen atoms in total. The molecule has 92 valence electrons. The van der Waals surface area contributed by atoms with Crippen LogP contribution in [0.15, 0.2) is 0 Å². The summed E-state index contributed by atoms with van der Waals surface area (Å²) in [6.45, 7) is 8.34. The average Bonchev–Trinajstić information content (AvgIpc) is 2.15. The molecular formula is C11H16ClN5. The van der Waals surface area contributed by atoms with Gasteiger partial charge in [0, 0.05) is 6.54 Å². The molecule has 0 aliphatic heterocycles. The highest BCUT2D eigenvalue weighted by molar-refractivity contribution is 6.28. The predicted octanol–water partition coefficient (Wildman–Crippen LogP) is 2.17. The topological polar surface area (TPSA) is 62.7 Å². The van der Waals surface area contributed by atoms with Gasteiger partial charge in [0.15, 0.2) is 0 Å². The van der Waals surface area contributed by atoms with Crippen LogP contribution in [0, 0.1) is 11.8 Å². The van der Waals surface area contributed by atoms with Gasteiger partial charge in [0.05, 0.1) is 5.54 Å². The van der Waals surface area contributed by atoms with Crippen LogP contribution in [-0.2, 0) is 0 Å². The van der Waals surface area contributed by atoms with Crippen LogP contribution in [0.5, 0.6) is 0 Å². The molecule has 0 aliphatic carbocycles. The number of hydrogen-bond donors (Lipinski definition) is 2. The molecule has 0 atom stereocenters. The Morgan fingerprint density at radius 2 is 1.88 bits per heavy atom. The lowest BCUT2D eigenvalue weighted by molar-refractivity contribution is 0.726. The van der Waals surface area contributed by atoms with Crippen molar-refractivity contribution in [3.63, 3.8) is 0 Å². The lowest BCUT2D eigenvalue weighted by Gasteiger charge is -2.19. The second-order valence-corrected chi connectivity index (χ2v) is 4.25. The first-order chi connectivity index (χ1) is 7.96. The molecular weight excluding hydrogens is 238 g/mol. The van der Waals surface area contributed by atoms with Gasteiger partial charge in [-0.3, -0.25) is 0 Å². The molecule has 1 rings (SSSR count). The van der Waals surface area contributed by atoms with E-state index < -0.39 is 5.54 Å². The summed E-state index contributed by atoms with van der Waals surface area (Å²) in [7, 11) is 0. The standard InChI is InChI=1S/C11H16ClN5/c1-5-7-11(3,4)17-10-15-8(12)14-9(16-10)13-6-2/h6H2,1-4H3,(H2,13,14,15,16,17). The highest BCUT2D eigenvalue weighted by Gasteiger charge is 2.16. The van der Waals surface area contributed by atoms with Crippen LogP contribution < -0.4 is 10.6 Å². The van der Waals surface area contributed by atoms with E-state index in [1.807, 2.05) is 20.8 Å². The number of rotatable bonds is 4. The third kappa shape index (κ3) is 4.45. The van der Waals surface area contributed by atoms with Gasteiger partial charge in [0.2, 0.25) is 17.2 Å². The minimum Gasteiger partial charge on any atom is -0.354 e. The Morgan fingerprint density at radius 3 is 2.47 bits per heavy atom. The van der Waals surface area contributed by atoms with Gasteiger partial charge < -0.3 is 10.6 Å². The fourth-order valence-electron chi connectivity index (χ4n) is 1.27. The molecule has 0 radical (unpaired) electrons. The molecule has 0 spiro atoms. The maximum absolute atomic E-state index is 5.81. The second-order valence-electron chi connectivity index (χ2n) is 3.91. The predicted molar refractivity (Wildman–Crippen MR) is 70.2 cm³/mol. The molecule has 0 unspecified atom stereocenters. The lowest BCUT2D eigenvalue weighted by atomic mass is 10.1. The first-order valence-electron chi connectivity index (χ1n) is 5.34. The summed E-state index contributed by atoms with van der Waals surface area (Å²) >= 11 is 5.81. The van der Waals surface area contributed by atoms with Gasteiger partial charge >= 0.3 is 0 Å². The smallest absolute Gasteiger partial charge is 0.229 e. The van der Waals surface area contributed by atoms with Crippen molar-refractivity contribution in [1.82, 2.24) is 15.0 Å². The molecule has 0 amide bonds. The van der Waals surface area contributed by atoms with Gasteiger partial charge in [0.1, 0.15) is 0 Å². The van der Waals surface area contributed by atoms with Crippen molar-refractivity contribution in [2.75, 3.05) is 17.2 Å². The Labute approximate surface area is 106 Å².